The van der Waals surface area contributed by atoms with E-state index < -0.39 is 21.8 Å². The molecule has 3 heterocycles. The quantitative estimate of drug-likeness (QED) is 0.369. The predicted molar refractivity (Wildman–Crippen MR) is 135 cm³/mol. The van der Waals surface area contributed by atoms with Crippen LogP contribution in [0.1, 0.15) is 12.5 Å². The lowest BCUT2D eigenvalue weighted by atomic mass is 10.1. The Labute approximate surface area is 217 Å². The number of sulfonamides is 1. The molecule has 1 atom stereocenters. The van der Waals surface area contributed by atoms with Gasteiger partial charge in [-0.25, -0.2) is 18.4 Å². The summed E-state index contributed by atoms with van der Waals surface area (Å²) in [6.07, 6.45) is -1.90. The SMILES string of the molecule is C[C@@H](CN1CCN(S(=O)(=O)c2cccc(-c3ccno3)c2)CC1)Nc1ncnc2c(C(F)(F)F)cccc12. The van der Waals surface area contributed by atoms with Crippen molar-refractivity contribution in [3.63, 3.8) is 0 Å². The van der Waals surface area contributed by atoms with Gasteiger partial charge in [-0.15, -0.1) is 0 Å². The molecule has 0 amide bonds. The minimum atomic E-state index is -4.52. The smallest absolute Gasteiger partial charge is 0.366 e. The third-order valence-corrected chi connectivity index (χ3v) is 8.31. The molecule has 5 rings (SSSR count). The minimum absolute atomic E-state index is 0.157. The zero-order valence-corrected chi connectivity index (χ0v) is 21.2. The molecule has 0 bridgehead atoms. The first-order chi connectivity index (χ1) is 18.1. The molecular weight excluding hydrogens is 521 g/mol. The third-order valence-electron chi connectivity index (χ3n) is 6.41. The lowest BCUT2D eigenvalue weighted by Gasteiger charge is -2.35. The van der Waals surface area contributed by atoms with Gasteiger partial charge in [0.15, 0.2) is 5.76 Å². The van der Waals surface area contributed by atoms with Crippen LogP contribution in [-0.2, 0) is 16.2 Å². The number of rotatable bonds is 7. The normalized spacial score (nSPS) is 16.5. The van der Waals surface area contributed by atoms with Gasteiger partial charge in [0.2, 0.25) is 10.0 Å². The lowest BCUT2D eigenvalue weighted by Crippen LogP contribution is -2.50. The molecule has 0 unspecified atom stereocenters. The van der Waals surface area contributed by atoms with Crippen molar-refractivity contribution >= 4 is 26.7 Å². The van der Waals surface area contributed by atoms with Crippen LogP contribution in [0.3, 0.4) is 0 Å². The number of fused-ring (bicyclic) bond motifs is 1. The highest BCUT2D eigenvalue weighted by molar-refractivity contribution is 7.89. The lowest BCUT2D eigenvalue weighted by molar-refractivity contribution is -0.136. The van der Waals surface area contributed by atoms with Crippen LogP contribution < -0.4 is 5.32 Å². The zero-order chi connectivity index (χ0) is 26.9. The Bertz CT molecular complexity index is 1520. The van der Waals surface area contributed by atoms with Crippen LogP contribution in [0, 0.1) is 0 Å². The summed E-state index contributed by atoms with van der Waals surface area (Å²) in [6.45, 7) is 4.10. The van der Waals surface area contributed by atoms with E-state index in [1.54, 1.807) is 36.4 Å². The van der Waals surface area contributed by atoms with Crippen molar-refractivity contribution in [1.29, 1.82) is 0 Å². The second-order valence-corrected chi connectivity index (χ2v) is 11.0. The van der Waals surface area contributed by atoms with E-state index in [4.69, 9.17) is 4.52 Å². The molecule has 13 heteroatoms. The van der Waals surface area contributed by atoms with Gasteiger partial charge in [-0.1, -0.05) is 23.4 Å². The number of para-hydroxylation sites is 1. The zero-order valence-electron chi connectivity index (χ0n) is 20.4. The van der Waals surface area contributed by atoms with E-state index in [0.717, 1.165) is 12.4 Å². The number of hydrogen-bond donors (Lipinski definition) is 1. The maximum atomic E-state index is 13.4. The number of nitrogens with one attached hydrogen (secondary N) is 1. The summed E-state index contributed by atoms with van der Waals surface area (Å²) in [7, 11) is -3.70. The standard InChI is InChI=1S/C25H25F3N6O3S/c1-17(32-24-20-6-3-7-21(25(26,27)28)23(20)29-16-30-24)15-33-10-12-34(13-11-33)38(35,36)19-5-2-4-18(14-19)22-8-9-31-37-22/h2-9,14,16-17H,10-13,15H2,1H3,(H,29,30,32)/t17-/m0/s1. The Hall–Kier alpha value is -3.55. The first kappa shape index (κ1) is 26.1. The maximum Gasteiger partial charge on any atom is 0.418 e. The fourth-order valence-electron chi connectivity index (χ4n) is 4.57. The summed E-state index contributed by atoms with van der Waals surface area (Å²) in [5, 5.41) is 7.15. The number of nitrogens with zero attached hydrogens (tertiary/aromatic N) is 5. The number of alkyl halides is 3. The molecule has 1 N–H and O–H groups in total. The molecule has 9 nitrogen and oxygen atoms in total. The van der Waals surface area contributed by atoms with E-state index in [0.29, 0.717) is 49.9 Å². The predicted octanol–water partition coefficient (Wildman–Crippen LogP) is 4.11. The van der Waals surface area contributed by atoms with E-state index in [9.17, 15) is 21.6 Å². The van der Waals surface area contributed by atoms with Gasteiger partial charge < -0.3 is 9.84 Å². The fraction of sp³-hybridized carbons (Fsp3) is 0.320. The van der Waals surface area contributed by atoms with Gasteiger partial charge in [0.05, 0.1) is 22.2 Å². The molecule has 1 aliphatic rings. The summed E-state index contributed by atoms with van der Waals surface area (Å²) in [4.78, 5) is 10.3. The molecular formula is C25H25F3N6O3S. The number of aromatic nitrogens is 3. The van der Waals surface area contributed by atoms with Gasteiger partial charge in [0.25, 0.3) is 0 Å². The average Bonchev–Trinajstić information content (AvgIpc) is 3.44. The van der Waals surface area contributed by atoms with Gasteiger partial charge in [-0.3, -0.25) is 4.90 Å². The number of hydrogen-bond acceptors (Lipinski definition) is 8. The summed E-state index contributed by atoms with van der Waals surface area (Å²) in [5.41, 5.74) is -0.339. The second kappa shape index (κ2) is 10.3. The van der Waals surface area contributed by atoms with Crippen LogP contribution in [0.2, 0.25) is 0 Å². The topological polar surface area (TPSA) is 104 Å². The van der Waals surface area contributed by atoms with E-state index >= 15 is 0 Å². The molecule has 0 spiro atoms. The average molecular weight is 547 g/mol. The van der Waals surface area contributed by atoms with Gasteiger partial charge >= 0.3 is 6.18 Å². The molecule has 2 aromatic carbocycles. The van der Waals surface area contributed by atoms with Crippen molar-refractivity contribution in [1.82, 2.24) is 24.3 Å². The van der Waals surface area contributed by atoms with Crippen molar-refractivity contribution in [2.45, 2.75) is 24.0 Å². The number of halogens is 3. The van der Waals surface area contributed by atoms with Gasteiger partial charge in [0.1, 0.15) is 12.1 Å². The minimum Gasteiger partial charge on any atom is -0.366 e. The third kappa shape index (κ3) is 5.35. The molecule has 4 aromatic rings. The summed E-state index contributed by atoms with van der Waals surface area (Å²) in [6, 6.07) is 12.0. The molecule has 1 fully saturated rings. The molecule has 200 valence electrons. The van der Waals surface area contributed by atoms with E-state index in [2.05, 4.69) is 25.3 Å². The van der Waals surface area contributed by atoms with Gasteiger partial charge in [-0.2, -0.15) is 17.5 Å². The number of piperazine rings is 1. The highest BCUT2D eigenvalue weighted by Gasteiger charge is 2.34. The van der Waals surface area contributed by atoms with E-state index in [1.165, 1.54) is 16.6 Å². The Morgan fingerprint density at radius 1 is 1.05 bits per heavy atom. The molecule has 0 aliphatic carbocycles. The fourth-order valence-corrected chi connectivity index (χ4v) is 6.04. The van der Waals surface area contributed by atoms with Crippen LogP contribution >= 0.6 is 0 Å². The van der Waals surface area contributed by atoms with Crippen molar-refractivity contribution in [3.8, 4) is 11.3 Å². The first-order valence-corrected chi connectivity index (χ1v) is 13.4. The molecule has 1 saturated heterocycles. The van der Waals surface area contributed by atoms with Crippen LogP contribution in [0.5, 0.6) is 0 Å². The Kier molecular flexibility index (Phi) is 7.07. The van der Waals surface area contributed by atoms with Crippen molar-refractivity contribution < 1.29 is 26.1 Å². The molecule has 2 aromatic heterocycles. The molecule has 0 radical (unpaired) electrons. The number of anilines is 1. The second-order valence-electron chi connectivity index (χ2n) is 9.08. The molecule has 38 heavy (non-hydrogen) atoms. The van der Waals surface area contributed by atoms with Crippen LogP contribution in [0.4, 0.5) is 19.0 Å². The monoisotopic (exact) mass is 546 g/mol. The molecule has 1 aliphatic heterocycles. The van der Waals surface area contributed by atoms with Crippen molar-refractivity contribution in [2.75, 3.05) is 38.0 Å². The Balaban J connectivity index is 1.22. The maximum absolute atomic E-state index is 13.4. The largest absolute Gasteiger partial charge is 0.418 e. The first-order valence-electron chi connectivity index (χ1n) is 11.9. The Morgan fingerprint density at radius 3 is 2.53 bits per heavy atom. The van der Waals surface area contributed by atoms with Gasteiger partial charge in [0, 0.05) is 55.8 Å². The van der Waals surface area contributed by atoms with Crippen molar-refractivity contribution in [3.05, 3.63) is 66.6 Å². The summed E-state index contributed by atoms with van der Waals surface area (Å²) in [5.74, 6) is 0.806. The van der Waals surface area contributed by atoms with Gasteiger partial charge in [-0.05, 0) is 31.2 Å². The van der Waals surface area contributed by atoms with Crippen molar-refractivity contribution in [2.24, 2.45) is 0 Å². The highest BCUT2D eigenvalue weighted by Crippen LogP contribution is 2.35. The van der Waals surface area contributed by atoms with Crippen LogP contribution in [-0.4, -0.2) is 71.5 Å². The van der Waals surface area contributed by atoms with E-state index in [-0.39, 0.29) is 21.8 Å². The van der Waals surface area contributed by atoms with Crippen LogP contribution in [0.25, 0.3) is 22.2 Å². The number of benzene rings is 2. The molecule has 0 saturated carbocycles. The summed E-state index contributed by atoms with van der Waals surface area (Å²) < 4.78 is 73.3. The Morgan fingerprint density at radius 2 is 1.82 bits per heavy atom. The summed E-state index contributed by atoms with van der Waals surface area (Å²) >= 11 is 0. The van der Waals surface area contributed by atoms with Crippen LogP contribution in [0.15, 0.2) is 70.5 Å². The van der Waals surface area contributed by atoms with E-state index in [1.807, 2.05) is 6.92 Å². The highest BCUT2D eigenvalue weighted by atomic mass is 32.2.